The third kappa shape index (κ3) is 3.44. The molecule has 0 spiro atoms. The average molecular weight is 319 g/mol. The fraction of sp³-hybridized carbons (Fsp3) is 0.188. The fourth-order valence-electron chi connectivity index (χ4n) is 1.78. The molecule has 0 fully saturated rings. The summed E-state index contributed by atoms with van der Waals surface area (Å²) in [5.41, 5.74) is 1.29. The van der Waals surface area contributed by atoms with Crippen molar-refractivity contribution in [2.24, 2.45) is 0 Å². The minimum Gasteiger partial charge on any atom is -0.491 e. The highest BCUT2D eigenvalue weighted by atomic mass is 79.9. The third-order valence-corrected chi connectivity index (χ3v) is 3.28. The van der Waals surface area contributed by atoms with Crippen LogP contribution in [0.15, 0.2) is 53.0 Å². The maximum atomic E-state index is 12.4. The predicted molar refractivity (Wildman–Crippen MR) is 79.8 cm³/mol. The van der Waals surface area contributed by atoms with Crippen LogP contribution in [-0.2, 0) is 0 Å². The molecule has 0 aliphatic rings. The Hall–Kier alpha value is -1.61. The molecule has 0 radical (unpaired) electrons. The van der Waals surface area contributed by atoms with E-state index in [1.807, 2.05) is 50.2 Å². The molecule has 98 valence electrons. The highest BCUT2D eigenvalue weighted by Gasteiger charge is 2.12. The first-order valence-electron chi connectivity index (χ1n) is 6.14. The molecular weight excluding hydrogens is 304 g/mol. The molecule has 0 saturated heterocycles. The van der Waals surface area contributed by atoms with Gasteiger partial charge in [0.15, 0.2) is 5.78 Å². The lowest BCUT2D eigenvalue weighted by Crippen LogP contribution is -2.07. The van der Waals surface area contributed by atoms with Crippen molar-refractivity contribution >= 4 is 21.7 Å². The normalized spacial score (nSPS) is 10.5. The first-order valence-corrected chi connectivity index (χ1v) is 6.93. The van der Waals surface area contributed by atoms with Gasteiger partial charge in [-0.25, -0.2) is 0 Å². The van der Waals surface area contributed by atoms with E-state index in [1.165, 1.54) is 0 Å². The Morgan fingerprint density at radius 3 is 2.53 bits per heavy atom. The molecule has 0 bridgehead atoms. The molecule has 0 aromatic heterocycles. The zero-order chi connectivity index (χ0) is 13.8. The molecule has 0 N–H and O–H groups in total. The van der Waals surface area contributed by atoms with Gasteiger partial charge in [0, 0.05) is 15.6 Å². The van der Waals surface area contributed by atoms with Gasteiger partial charge in [-0.3, -0.25) is 4.79 Å². The summed E-state index contributed by atoms with van der Waals surface area (Å²) < 4.78 is 6.41. The monoisotopic (exact) mass is 318 g/mol. The second kappa shape index (κ2) is 6.02. The Bertz CT molecular complexity index is 591. The lowest BCUT2D eigenvalue weighted by molar-refractivity contribution is 0.103. The average Bonchev–Trinajstić information content (AvgIpc) is 2.38. The molecule has 0 saturated carbocycles. The first kappa shape index (κ1) is 13.8. The van der Waals surface area contributed by atoms with Gasteiger partial charge in [-0.2, -0.15) is 0 Å². The van der Waals surface area contributed by atoms with Gasteiger partial charge in [0.05, 0.1) is 6.10 Å². The van der Waals surface area contributed by atoms with E-state index in [-0.39, 0.29) is 11.9 Å². The van der Waals surface area contributed by atoms with Gasteiger partial charge in [0.2, 0.25) is 0 Å². The highest BCUT2D eigenvalue weighted by molar-refractivity contribution is 9.10. The van der Waals surface area contributed by atoms with E-state index in [2.05, 4.69) is 15.9 Å². The van der Waals surface area contributed by atoms with Crippen LogP contribution in [0.2, 0.25) is 0 Å². The Morgan fingerprint density at radius 1 is 1.11 bits per heavy atom. The number of hydrogen-bond donors (Lipinski definition) is 0. The number of halogens is 1. The summed E-state index contributed by atoms with van der Waals surface area (Å²) in [4.78, 5) is 12.4. The summed E-state index contributed by atoms with van der Waals surface area (Å²) in [6, 6.07) is 14.7. The molecule has 3 heteroatoms. The summed E-state index contributed by atoms with van der Waals surface area (Å²) in [5, 5.41) is 0. The van der Waals surface area contributed by atoms with Gasteiger partial charge in [0.25, 0.3) is 0 Å². The molecular formula is C16H15BrO2. The quantitative estimate of drug-likeness (QED) is 0.777. The summed E-state index contributed by atoms with van der Waals surface area (Å²) in [5.74, 6) is 0.703. The number of carbonyl (C=O) groups is 1. The number of carbonyl (C=O) groups excluding carboxylic acids is 1. The minimum atomic E-state index is -0.0123. The molecule has 0 heterocycles. The topological polar surface area (TPSA) is 26.3 Å². The van der Waals surface area contributed by atoms with E-state index < -0.39 is 0 Å². The molecule has 2 rings (SSSR count). The van der Waals surface area contributed by atoms with Gasteiger partial charge in [-0.15, -0.1) is 0 Å². The van der Waals surface area contributed by atoms with E-state index in [4.69, 9.17) is 4.74 Å². The molecule has 0 atom stereocenters. The lowest BCUT2D eigenvalue weighted by atomic mass is 10.0. The van der Waals surface area contributed by atoms with Gasteiger partial charge < -0.3 is 4.74 Å². The first-order chi connectivity index (χ1) is 9.08. The molecule has 0 unspecified atom stereocenters. The molecule has 0 amide bonds. The fourth-order valence-corrected chi connectivity index (χ4v) is 2.25. The Kier molecular flexibility index (Phi) is 4.38. The van der Waals surface area contributed by atoms with Crippen molar-refractivity contribution in [3.05, 3.63) is 64.1 Å². The van der Waals surface area contributed by atoms with Crippen LogP contribution in [0, 0.1) is 0 Å². The van der Waals surface area contributed by atoms with Crippen LogP contribution in [0.4, 0.5) is 0 Å². The summed E-state index contributed by atoms with van der Waals surface area (Å²) >= 11 is 3.40. The largest absolute Gasteiger partial charge is 0.491 e. The van der Waals surface area contributed by atoms with Crippen molar-refractivity contribution in [1.82, 2.24) is 0 Å². The molecule has 2 aromatic carbocycles. The maximum absolute atomic E-state index is 12.4. The summed E-state index contributed by atoms with van der Waals surface area (Å²) in [7, 11) is 0. The SMILES string of the molecule is CC(C)Oc1cccc(C(=O)c2ccccc2Br)c1. The standard InChI is InChI=1S/C16H15BrO2/c1-11(2)19-13-7-5-6-12(10-13)16(18)14-8-3-4-9-15(14)17/h3-11H,1-2H3. The summed E-state index contributed by atoms with van der Waals surface area (Å²) in [6.45, 7) is 3.92. The van der Waals surface area contributed by atoms with Crippen LogP contribution >= 0.6 is 15.9 Å². The molecule has 0 aliphatic heterocycles. The van der Waals surface area contributed by atoms with Crippen LogP contribution in [0.1, 0.15) is 29.8 Å². The van der Waals surface area contributed by atoms with E-state index in [1.54, 1.807) is 12.1 Å². The second-order valence-electron chi connectivity index (χ2n) is 4.50. The van der Waals surface area contributed by atoms with Crippen molar-refractivity contribution in [1.29, 1.82) is 0 Å². The van der Waals surface area contributed by atoms with Gasteiger partial charge in [-0.1, -0.05) is 40.2 Å². The Balaban J connectivity index is 2.32. The number of rotatable bonds is 4. The van der Waals surface area contributed by atoms with Crippen LogP contribution in [0.5, 0.6) is 5.75 Å². The van der Waals surface area contributed by atoms with Gasteiger partial charge >= 0.3 is 0 Å². The van der Waals surface area contributed by atoms with E-state index >= 15 is 0 Å². The zero-order valence-corrected chi connectivity index (χ0v) is 12.5. The molecule has 0 aliphatic carbocycles. The van der Waals surface area contributed by atoms with E-state index in [9.17, 15) is 4.79 Å². The lowest BCUT2D eigenvalue weighted by Gasteiger charge is -2.11. The number of hydrogen-bond acceptors (Lipinski definition) is 2. The molecule has 19 heavy (non-hydrogen) atoms. The predicted octanol–water partition coefficient (Wildman–Crippen LogP) is 4.47. The second-order valence-corrected chi connectivity index (χ2v) is 5.36. The number of ether oxygens (including phenoxy) is 1. The smallest absolute Gasteiger partial charge is 0.194 e. The molecule has 2 aromatic rings. The number of ketones is 1. The zero-order valence-electron chi connectivity index (χ0n) is 10.9. The van der Waals surface area contributed by atoms with Crippen molar-refractivity contribution < 1.29 is 9.53 Å². The van der Waals surface area contributed by atoms with Crippen LogP contribution < -0.4 is 4.74 Å². The van der Waals surface area contributed by atoms with Gasteiger partial charge in [0.1, 0.15) is 5.75 Å². The van der Waals surface area contributed by atoms with Crippen molar-refractivity contribution in [2.75, 3.05) is 0 Å². The van der Waals surface area contributed by atoms with Crippen molar-refractivity contribution in [3.63, 3.8) is 0 Å². The van der Waals surface area contributed by atoms with Crippen molar-refractivity contribution in [2.45, 2.75) is 20.0 Å². The maximum Gasteiger partial charge on any atom is 0.194 e. The van der Waals surface area contributed by atoms with Crippen LogP contribution in [0.25, 0.3) is 0 Å². The van der Waals surface area contributed by atoms with Gasteiger partial charge in [-0.05, 0) is 38.1 Å². The van der Waals surface area contributed by atoms with E-state index in [0.717, 1.165) is 4.47 Å². The Labute approximate surface area is 121 Å². The highest BCUT2D eigenvalue weighted by Crippen LogP contribution is 2.22. The van der Waals surface area contributed by atoms with Crippen LogP contribution in [0.3, 0.4) is 0 Å². The minimum absolute atomic E-state index is 0.0123. The third-order valence-electron chi connectivity index (χ3n) is 2.59. The van der Waals surface area contributed by atoms with E-state index in [0.29, 0.717) is 16.9 Å². The molecule has 2 nitrogen and oxygen atoms in total. The number of benzene rings is 2. The Morgan fingerprint density at radius 2 is 1.84 bits per heavy atom. The van der Waals surface area contributed by atoms with Crippen LogP contribution in [-0.4, -0.2) is 11.9 Å². The summed E-state index contributed by atoms with van der Waals surface area (Å²) in [6.07, 6.45) is 0.0915. The van der Waals surface area contributed by atoms with Crippen molar-refractivity contribution in [3.8, 4) is 5.75 Å².